The first kappa shape index (κ1) is 19.7. The molecule has 0 bridgehead atoms. The molecule has 0 atom stereocenters. The molecule has 0 aliphatic heterocycles. The van der Waals surface area contributed by atoms with Crippen molar-refractivity contribution >= 4 is 5.96 Å². The molecule has 0 heterocycles. The molecule has 0 saturated heterocycles. The molecule has 0 aliphatic carbocycles. The van der Waals surface area contributed by atoms with Crippen LogP contribution in [-0.2, 0) is 6.54 Å². The van der Waals surface area contributed by atoms with Gasteiger partial charge in [0.25, 0.3) is 0 Å². The van der Waals surface area contributed by atoms with Crippen LogP contribution in [0.3, 0.4) is 0 Å². The summed E-state index contributed by atoms with van der Waals surface area (Å²) in [5.74, 6) is 5.24. The molecule has 0 aromatic heterocycles. The van der Waals surface area contributed by atoms with Crippen LogP contribution in [0, 0.1) is 18.3 Å². The SMILES string of the molecule is C#CCOc1cc(CNC(=NC)NCC(CC)CC)ccc1OC. The fraction of sp³-hybridized carbons (Fsp3) is 0.526. The second kappa shape index (κ2) is 11.2. The minimum Gasteiger partial charge on any atom is -0.493 e. The van der Waals surface area contributed by atoms with Crippen molar-refractivity contribution in [2.75, 3.05) is 27.3 Å². The van der Waals surface area contributed by atoms with Gasteiger partial charge in [-0.2, -0.15) is 0 Å². The number of hydrogen-bond acceptors (Lipinski definition) is 3. The van der Waals surface area contributed by atoms with Crippen LogP contribution in [0.15, 0.2) is 23.2 Å². The van der Waals surface area contributed by atoms with Gasteiger partial charge in [0.2, 0.25) is 0 Å². The first-order valence-corrected chi connectivity index (χ1v) is 8.36. The van der Waals surface area contributed by atoms with Crippen LogP contribution in [0.2, 0.25) is 0 Å². The van der Waals surface area contributed by atoms with E-state index < -0.39 is 0 Å². The van der Waals surface area contributed by atoms with Crippen molar-refractivity contribution in [3.8, 4) is 23.8 Å². The van der Waals surface area contributed by atoms with Crippen LogP contribution in [-0.4, -0.2) is 33.3 Å². The standard InChI is InChI=1S/C19H29N3O2/c1-6-11-24-18-12-16(9-10-17(18)23-5)14-22-19(20-4)21-13-15(7-2)8-3/h1,9-10,12,15H,7-8,11,13-14H2,2-5H3,(H2,20,21,22). The first-order chi connectivity index (χ1) is 11.7. The van der Waals surface area contributed by atoms with E-state index in [0.717, 1.165) is 30.9 Å². The molecule has 1 aromatic rings. The van der Waals surface area contributed by atoms with Crippen LogP contribution < -0.4 is 20.1 Å². The average molecular weight is 331 g/mol. The summed E-state index contributed by atoms with van der Waals surface area (Å²) in [5, 5.41) is 6.68. The third-order valence-corrected chi connectivity index (χ3v) is 3.94. The highest BCUT2D eigenvalue weighted by Crippen LogP contribution is 2.27. The maximum Gasteiger partial charge on any atom is 0.191 e. The summed E-state index contributed by atoms with van der Waals surface area (Å²) in [4.78, 5) is 4.26. The Kier molecular flexibility index (Phi) is 9.21. The summed E-state index contributed by atoms with van der Waals surface area (Å²) in [6.45, 7) is 6.19. The number of terminal acetylenes is 1. The lowest BCUT2D eigenvalue weighted by Gasteiger charge is -2.17. The first-order valence-electron chi connectivity index (χ1n) is 8.36. The van der Waals surface area contributed by atoms with Crippen LogP contribution in [0.1, 0.15) is 32.3 Å². The van der Waals surface area contributed by atoms with Crippen LogP contribution in [0.25, 0.3) is 0 Å². The average Bonchev–Trinajstić information content (AvgIpc) is 2.63. The Bertz CT molecular complexity index is 560. The lowest BCUT2D eigenvalue weighted by molar-refractivity contribution is 0.330. The van der Waals surface area contributed by atoms with Gasteiger partial charge >= 0.3 is 0 Å². The molecule has 0 spiro atoms. The van der Waals surface area contributed by atoms with Crippen molar-refractivity contribution < 1.29 is 9.47 Å². The predicted octanol–water partition coefficient (Wildman–Crippen LogP) is 2.81. The Labute approximate surface area is 145 Å². The summed E-state index contributed by atoms with van der Waals surface area (Å²) in [7, 11) is 3.39. The van der Waals surface area contributed by atoms with Gasteiger partial charge in [0.05, 0.1) is 7.11 Å². The van der Waals surface area contributed by atoms with Crippen molar-refractivity contribution in [2.45, 2.75) is 33.2 Å². The highest BCUT2D eigenvalue weighted by atomic mass is 16.5. The largest absolute Gasteiger partial charge is 0.493 e. The van der Waals surface area contributed by atoms with E-state index in [1.807, 2.05) is 18.2 Å². The summed E-state index contributed by atoms with van der Waals surface area (Å²) >= 11 is 0. The van der Waals surface area contributed by atoms with Gasteiger partial charge in [-0.15, -0.1) is 6.42 Å². The van der Waals surface area contributed by atoms with Gasteiger partial charge in [0, 0.05) is 20.1 Å². The van der Waals surface area contributed by atoms with E-state index in [9.17, 15) is 0 Å². The van der Waals surface area contributed by atoms with Gasteiger partial charge < -0.3 is 20.1 Å². The Morgan fingerprint density at radius 1 is 1.25 bits per heavy atom. The lowest BCUT2D eigenvalue weighted by Crippen LogP contribution is -2.39. The summed E-state index contributed by atoms with van der Waals surface area (Å²) in [6.07, 6.45) is 7.57. The van der Waals surface area contributed by atoms with E-state index in [0.29, 0.717) is 24.0 Å². The topological polar surface area (TPSA) is 54.9 Å². The molecular formula is C19H29N3O2. The fourth-order valence-electron chi connectivity index (χ4n) is 2.29. The lowest BCUT2D eigenvalue weighted by atomic mass is 10.0. The molecule has 1 rings (SSSR count). The van der Waals surface area contributed by atoms with Gasteiger partial charge in [0.15, 0.2) is 17.5 Å². The molecule has 0 radical (unpaired) electrons. The Hall–Kier alpha value is -2.35. The van der Waals surface area contributed by atoms with Gasteiger partial charge in [-0.05, 0) is 23.6 Å². The molecule has 0 saturated carbocycles. The Morgan fingerprint density at radius 3 is 2.58 bits per heavy atom. The Morgan fingerprint density at radius 2 is 2.00 bits per heavy atom. The second-order valence-electron chi connectivity index (χ2n) is 5.47. The van der Waals surface area contributed by atoms with Gasteiger partial charge in [-0.1, -0.05) is 38.7 Å². The highest BCUT2D eigenvalue weighted by Gasteiger charge is 2.07. The third kappa shape index (κ3) is 6.41. The number of guanidine groups is 1. The molecule has 0 unspecified atom stereocenters. The van der Waals surface area contributed by atoms with E-state index in [-0.39, 0.29) is 6.61 Å². The number of hydrogen-bond donors (Lipinski definition) is 2. The number of nitrogens with one attached hydrogen (secondary N) is 2. The maximum absolute atomic E-state index is 5.52. The molecule has 5 heteroatoms. The van der Waals surface area contributed by atoms with Gasteiger partial charge in [-0.25, -0.2) is 0 Å². The van der Waals surface area contributed by atoms with Crippen molar-refractivity contribution in [3.63, 3.8) is 0 Å². The minimum absolute atomic E-state index is 0.214. The van der Waals surface area contributed by atoms with E-state index in [1.54, 1.807) is 14.2 Å². The van der Waals surface area contributed by atoms with Crippen LogP contribution in [0.4, 0.5) is 0 Å². The monoisotopic (exact) mass is 331 g/mol. The zero-order valence-corrected chi connectivity index (χ0v) is 15.2. The molecule has 5 nitrogen and oxygen atoms in total. The van der Waals surface area contributed by atoms with E-state index in [1.165, 1.54) is 0 Å². The minimum atomic E-state index is 0.214. The molecule has 132 valence electrons. The van der Waals surface area contributed by atoms with E-state index in [2.05, 4.69) is 35.4 Å². The number of nitrogens with zero attached hydrogens (tertiary/aromatic N) is 1. The molecule has 1 aromatic carbocycles. The number of ether oxygens (including phenoxy) is 2. The summed E-state index contributed by atoms with van der Waals surface area (Å²) < 4.78 is 10.8. The molecular weight excluding hydrogens is 302 g/mol. The maximum atomic E-state index is 5.52. The van der Waals surface area contributed by atoms with Crippen molar-refractivity contribution in [2.24, 2.45) is 10.9 Å². The third-order valence-electron chi connectivity index (χ3n) is 3.94. The quantitative estimate of drug-likeness (QED) is 0.415. The van der Waals surface area contributed by atoms with Crippen LogP contribution in [0.5, 0.6) is 11.5 Å². The fourth-order valence-corrected chi connectivity index (χ4v) is 2.29. The smallest absolute Gasteiger partial charge is 0.191 e. The molecule has 0 amide bonds. The summed E-state index contributed by atoms with van der Waals surface area (Å²) in [5.41, 5.74) is 1.06. The number of aliphatic imine (C=N–C) groups is 1. The number of rotatable bonds is 9. The molecule has 24 heavy (non-hydrogen) atoms. The zero-order valence-electron chi connectivity index (χ0n) is 15.2. The number of benzene rings is 1. The van der Waals surface area contributed by atoms with Crippen LogP contribution >= 0.6 is 0 Å². The van der Waals surface area contributed by atoms with Crippen molar-refractivity contribution in [1.29, 1.82) is 0 Å². The highest BCUT2D eigenvalue weighted by molar-refractivity contribution is 5.79. The second-order valence-corrected chi connectivity index (χ2v) is 5.47. The van der Waals surface area contributed by atoms with Crippen molar-refractivity contribution in [3.05, 3.63) is 23.8 Å². The molecule has 0 aliphatic rings. The normalized spacial score (nSPS) is 11.1. The van der Waals surface area contributed by atoms with Gasteiger partial charge in [0.1, 0.15) is 6.61 Å². The van der Waals surface area contributed by atoms with Crippen molar-refractivity contribution in [1.82, 2.24) is 10.6 Å². The molecule has 2 N–H and O–H groups in total. The van der Waals surface area contributed by atoms with Gasteiger partial charge in [-0.3, -0.25) is 4.99 Å². The molecule has 0 fully saturated rings. The Balaban J connectivity index is 2.63. The van der Waals surface area contributed by atoms with E-state index >= 15 is 0 Å². The predicted molar refractivity (Wildman–Crippen MR) is 99.6 cm³/mol. The number of methoxy groups -OCH3 is 1. The zero-order chi connectivity index (χ0) is 17.8. The van der Waals surface area contributed by atoms with E-state index in [4.69, 9.17) is 15.9 Å². The summed E-state index contributed by atoms with van der Waals surface area (Å²) in [6, 6.07) is 5.79.